The van der Waals surface area contributed by atoms with Gasteiger partial charge in [-0.05, 0) is 38.6 Å². The van der Waals surface area contributed by atoms with Crippen molar-refractivity contribution in [2.24, 2.45) is 0 Å². The van der Waals surface area contributed by atoms with Crippen molar-refractivity contribution in [2.75, 3.05) is 23.7 Å². The van der Waals surface area contributed by atoms with Gasteiger partial charge >= 0.3 is 0 Å². The number of aromatic nitrogens is 2. The molecule has 0 bridgehead atoms. The molecule has 0 aromatic carbocycles. The van der Waals surface area contributed by atoms with Crippen molar-refractivity contribution in [1.29, 1.82) is 0 Å². The van der Waals surface area contributed by atoms with Crippen molar-refractivity contribution < 1.29 is 0 Å². The first kappa shape index (κ1) is 11.7. The standard InChI is InChI=1S/C13H21N5/c1-2-10(14-6-1)5-7-15-12-8-13(17-9-16-12)18-11-3-4-11/h8-11,14H,1-7H2,(H2,15,16,17,18). The van der Waals surface area contributed by atoms with Gasteiger partial charge in [0.05, 0.1) is 0 Å². The molecule has 3 N–H and O–H groups in total. The normalized spacial score (nSPS) is 23.0. The van der Waals surface area contributed by atoms with Crippen LogP contribution in [0, 0.1) is 0 Å². The summed E-state index contributed by atoms with van der Waals surface area (Å²) in [5, 5.41) is 10.3. The Bertz CT molecular complexity index is 385. The maximum atomic E-state index is 4.25. The van der Waals surface area contributed by atoms with E-state index in [1.165, 1.54) is 32.2 Å². The quantitative estimate of drug-likeness (QED) is 0.713. The highest BCUT2D eigenvalue weighted by Crippen LogP contribution is 2.24. The summed E-state index contributed by atoms with van der Waals surface area (Å²) in [4.78, 5) is 8.48. The van der Waals surface area contributed by atoms with Gasteiger partial charge < -0.3 is 16.0 Å². The van der Waals surface area contributed by atoms with Crippen LogP contribution in [-0.2, 0) is 0 Å². The van der Waals surface area contributed by atoms with E-state index < -0.39 is 0 Å². The Labute approximate surface area is 108 Å². The zero-order chi connectivity index (χ0) is 12.2. The summed E-state index contributed by atoms with van der Waals surface area (Å²) in [5.41, 5.74) is 0. The third kappa shape index (κ3) is 3.32. The molecular weight excluding hydrogens is 226 g/mol. The zero-order valence-electron chi connectivity index (χ0n) is 10.7. The summed E-state index contributed by atoms with van der Waals surface area (Å²) in [5.74, 6) is 1.86. The fourth-order valence-corrected chi connectivity index (χ4v) is 2.35. The van der Waals surface area contributed by atoms with E-state index in [0.717, 1.165) is 24.6 Å². The smallest absolute Gasteiger partial charge is 0.131 e. The van der Waals surface area contributed by atoms with E-state index in [9.17, 15) is 0 Å². The Kier molecular flexibility index (Phi) is 3.59. The summed E-state index contributed by atoms with van der Waals surface area (Å²) in [6.07, 6.45) is 7.93. The van der Waals surface area contributed by atoms with Gasteiger partial charge in [-0.1, -0.05) is 0 Å². The molecule has 18 heavy (non-hydrogen) atoms. The highest BCUT2D eigenvalue weighted by atomic mass is 15.1. The van der Waals surface area contributed by atoms with Crippen molar-refractivity contribution in [3.05, 3.63) is 12.4 Å². The fraction of sp³-hybridized carbons (Fsp3) is 0.692. The lowest BCUT2D eigenvalue weighted by Crippen LogP contribution is -2.24. The Hall–Kier alpha value is -1.36. The fourth-order valence-electron chi connectivity index (χ4n) is 2.35. The Morgan fingerprint density at radius 1 is 1.22 bits per heavy atom. The van der Waals surface area contributed by atoms with Crippen LogP contribution in [0.1, 0.15) is 32.1 Å². The third-order valence-corrected chi connectivity index (χ3v) is 3.56. The number of hydrogen-bond donors (Lipinski definition) is 3. The lowest BCUT2D eigenvalue weighted by molar-refractivity contribution is 0.574. The second-order valence-corrected chi connectivity index (χ2v) is 5.22. The van der Waals surface area contributed by atoms with Crippen molar-refractivity contribution in [1.82, 2.24) is 15.3 Å². The van der Waals surface area contributed by atoms with E-state index in [2.05, 4.69) is 25.9 Å². The lowest BCUT2D eigenvalue weighted by Gasteiger charge is -2.11. The predicted molar refractivity (Wildman–Crippen MR) is 72.8 cm³/mol. The minimum absolute atomic E-state index is 0.635. The van der Waals surface area contributed by atoms with E-state index in [4.69, 9.17) is 0 Å². The molecule has 1 aliphatic carbocycles. The maximum Gasteiger partial charge on any atom is 0.131 e. The zero-order valence-corrected chi connectivity index (χ0v) is 10.7. The molecule has 5 heteroatoms. The van der Waals surface area contributed by atoms with Gasteiger partial charge in [0.25, 0.3) is 0 Å². The van der Waals surface area contributed by atoms with E-state index in [0.29, 0.717) is 12.1 Å². The van der Waals surface area contributed by atoms with Gasteiger partial charge in [0.2, 0.25) is 0 Å². The van der Waals surface area contributed by atoms with Crippen LogP contribution < -0.4 is 16.0 Å². The Balaban J connectivity index is 1.45. The van der Waals surface area contributed by atoms with Gasteiger partial charge in [0, 0.05) is 24.7 Å². The van der Waals surface area contributed by atoms with Crippen molar-refractivity contribution >= 4 is 11.6 Å². The predicted octanol–water partition coefficient (Wildman–Crippen LogP) is 1.60. The van der Waals surface area contributed by atoms with Crippen LogP contribution >= 0.6 is 0 Å². The van der Waals surface area contributed by atoms with Crippen LogP contribution in [0.3, 0.4) is 0 Å². The number of nitrogens with one attached hydrogen (secondary N) is 3. The molecule has 1 saturated heterocycles. The van der Waals surface area contributed by atoms with Gasteiger partial charge in [-0.25, -0.2) is 9.97 Å². The monoisotopic (exact) mass is 247 g/mol. The molecular formula is C13H21N5. The molecule has 1 atom stereocenters. The average Bonchev–Trinajstić information content (AvgIpc) is 3.04. The molecule has 98 valence electrons. The van der Waals surface area contributed by atoms with Gasteiger partial charge in [-0.15, -0.1) is 0 Å². The first-order valence-corrected chi connectivity index (χ1v) is 6.96. The highest BCUT2D eigenvalue weighted by molar-refractivity contribution is 5.47. The summed E-state index contributed by atoms with van der Waals surface area (Å²) in [6.45, 7) is 2.14. The highest BCUT2D eigenvalue weighted by Gasteiger charge is 2.21. The maximum absolute atomic E-state index is 4.25. The average molecular weight is 247 g/mol. The van der Waals surface area contributed by atoms with Crippen LogP contribution in [0.25, 0.3) is 0 Å². The van der Waals surface area contributed by atoms with Gasteiger partial charge in [0.15, 0.2) is 0 Å². The lowest BCUT2D eigenvalue weighted by atomic mass is 10.1. The summed E-state index contributed by atoms with van der Waals surface area (Å²) in [7, 11) is 0. The first-order valence-electron chi connectivity index (χ1n) is 6.96. The SMILES string of the molecule is c1nc(NCCC2CCCN2)cc(NC2CC2)n1. The molecule has 1 aromatic heterocycles. The number of rotatable bonds is 6. The molecule has 3 rings (SSSR count). The molecule has 1 aromatic rings. The van der Waals surface area contributed by atoms with Gasteiger partial charge in [-0.3, -0.25) is 0 Å². The summed E-state index contributed by atoms with van der Waals surface area (Å²) < 4.78 is 0. The minimum Gasteiger partial charge on any atom is -0.370 e. The Morgan fingerprint density at radius 2 is 2.11 bits per heavy atom. The molecule has 0 amide bonds. The summed E-state index contributed by atoms with van der Waals surface area (Å²) in [6, 6.07) is 3.32. The van der Waals surface area contributed by atoms with Crippen LogP contribution in [0.4, 0.5) is 11.6 Å². The molecule has 0 radical (unpaired) electrons. The summed E-state index contributed by atoms with van der Waals surface area (Å²) >= 11 is 0. The first-order chi connectivity index (χ1) is 8.90. The van der Waals surface area contributed by atoms with Crippen molar-refractivity contribution in [3.8, 4) is 0 Å². The number of nitrogens with zero attached hydrogens (tertiary/aromatic N) is 2. The van der Waals surface area contributed by atoms with Gasteiger partial charge in [0.1, 0.15) is 18.0 Å². The van der Waals surface area contributed by atoms with Crippen molar-refractivity contribution in [2.45, 2.75) is 44.2 Å². The molecule has 2 fully saturated rings. The van der Waals surface area contributed by atoms with E-state index in [-0.39, 0.29) is 0 Å². The molecule has 1 unspecified atom stereocenters. The second kappa shape index (κ2) is 5.52. The third-order valence-electron chi connectivity index (χ3n) is 3.56. The molecule has 5 nitrogen and oxygen atoms in total. The largest absolute Gasteiger partial charge is 0.370 e. The Morgan fingerprint density at radius 3 is 2.89 bits per heavy atom. The van der Waals surface area contributed by atoms with Crippen LogP contribution in [0.15, 0.2) is 12.4 Å². The van der Waals surface area contributed by atoms with E-state index in [1.54, 1.807) is 6.33 Å². The van der Waals surface area contributed by atoms with Crippen LogP contribution in [-0.4, -0.2) is 35.1 Å². The van der Waals surface area contributed by atoms with E-state index >= 15 is 0 Å². The molecule has 1 aliphatic heterocycles. The van der Waals surface area contributed by atoms with Gasteiger partial charge in [-0.2, -0.15) is 0 Å². The van der Waals surface area contributed by atoms with Crippen molar-refractivity contribution in [3.63, 3.8) is 0 Å². The minimum atomic E-state index is 0.635. The molecule has 1 saturated carbocycles. The topological polar surface area (TPSA) is 61.9 Å². The number of anilines is 2. The van der Waals surface area contributed by atoms with E-state index in [1.807, 2.05) is 6.07 Å². The van der Waals surface area contributed by atoms with Crippen LogP contribution in [0.5, 0.6) is 0 Å². The molecule has 2 heterocycles. The van der Waals surface area contributed by atoms with Crippen LogP contribution in [0.2, 0.25) is 0 Å². The second-order valence-electron chi connectivity index (χ2n) is 5.22. The molecule has 2 aliphatic rings. The molecule has 0 spiro atoms. The number of hydrogen-bond acceptors (Lipinski definition) is 5.